The smallest absolute Gasteiger partial charge is 0.223 e. The summed E-state index contributed by atoms with van der Waals surface area (Å²) in [7, 11) is 0. The normalized spacial score (nSPS) is 18.4. The van der Waals surface area contributed by atoms with Gasteiger partial charge in [-0.2, -0.15) is 0 Å². The Kier molecular flexibility index (Phi) is 6.59. The molecule has 8 heteroatoms. The van der Waals surface area contributed by atoms with Crippen LogP contribution in [-0.4, -0.2) is 41.4 Å². The molecule has 1 aromatic rings. The average molecular weight is 354 g/mol. The highest BCUT2D eigenvalue weighted by Crippen LogP contribution is 2.35. The summed E-state index contributed by atoms with van der Waals surface area (Å²) in [6.45, 7) is 3.72. The molecule has 0 atom stereocenters. The van der Waals surface area contributed by atoms with Gasteiger partial charge in [0.25, 0.3) is 0 Å². The van der Waals surface area contributed by atoms with E-state index < -0.39 is 5.41 Å². The van der Waals surface area contributed by atoms with E-state index in [0.717, 1.165) is 30.8 Å². The second-order valence-corrected chi connectivity index (χ2v) is 7.21. The molecule has 0 saturated carbocycles. The van der Waals surface area contributed by atoms with Crippen LogP contribution in [-0.2, 0) is 4.79 Å². The maximum Gasteiger partial charge on any atom is 0.223 e. The third-order valence-electron chi connectivity index (χ3n) is 4.19. The number of rotatable bonds is 7. The number of amides is 1. The van der Waals surface area contributed by atoms with E-state index in [2.05, 4.69) is 9.29 Å². The number of ether oxygens (including phenoxy) is 1. The third-order valence-corrected chi connectivity index (χ3v) is 5.26. The van der Waals surface area contributed by atoms with Crippen LogP contribution >= 0.6 is 11.9 Å². The number of nitrogens with two attached hydrogens (primary N) is 2. The fraction of sp³-hybridized carbons (Fsp3) is 0.500. The largest absolute Gasteiger partial charge is 0.473 e. The zero-order chi connectivity index (χ0) is 17.6. The first kappa shape index (κ1) is 18.7. The summed E-state index contributed by atoms with van der Waals surface area (Å²) in [5, 5.41) is 0. The predicted molar refractivity (Wildman–Crippen MR) is 91.9 cm³/mol. The van der Waals surface area contributed by atoms with Gasteiger partial charge in [0.05, 0.1) is 6.33 Å². The summed E-state index contributed by atoms with van der Waals surface area (Å²) in [6, 6.07) is 3.64. The molecule has 6 nitrogen and oxygen atoms in total. The number of pyridine rings is 1. The quantitative estimate of drug-likeness (QED) is 0.726. The number of halogens is 1. The van der Waals surface area contributed by atoms with Crippen LogP contribution in [0.25, 0.3) is 0 Å². The zero-order valence-corrected chi connectivity index (χ0v) is 14.5. The maximum absolute atomic E-state index is 12.4. The lowest BCUT2D eigenvalue weighted by Gasteiger charge is -2.36. The number of primary amides is 1. The van der Waals surface area contributed by atoms with Gasteiger partial charge < -0.3 is 16.2 Å². The molecule has 0 radical (unpaired) electrons. The molecule has 0 unspecified atom stereocenters. The van der Waals surface area contributed by atoms with Crippen molar-refractivity contribution in [3.05, 3.63) is 30.2 Å². The number of hydrogen-bond acceptors (Lipinski definition) is 6. The minimum atomic E-state index is -0.405. The Hall–Kier alpha value is -1.64. The standard InChI is InChI=1S/C16H23FN4O2S/c1-16(15(19)22)4-6-21(7-5-16)24-13-2-3-14(20-10-13)23-11-12(8-17)9-18/h2-3,8,10H,4-7,9,11,18H2,1H3,(H2,19,22)/b12-8-. The van der Waals surface area contributed by atoms with Crippen molar-refractivity contribution < 1.29 is 13.9 Å². The van der Waals surface area contributed by atoms with Gasteiger partial charge in [-0.05, 0) is 30.9 Å². The van der Waals surface area contributed by atoms with Crippen molar-refractivity contribution in [3.63, 3.8) is 0 Å². The Labute approximate surface area is 145 Å². The van der Waals surface area contributed by atoms with Gasteiger partial charge in [-0.15, -0.1) is 0 Å². The first-order valence-electron chi connectivity index (χ1n) is 7.77. The number of aromatic nitrogens is 1. The second-order valence-electron chi connectivity index (χ2n) is 6.04. The van der Waals surface area contributed by atoms with Crippen molar-refractivity contribution in [3.8, 4) is 5.88 Å². The Morgan fingerprint density at radius 1 is 1.50 bits per heavy atom. The fourth-order valence-corrected chi connectivity index (χ4v) is 3.17. The summed E-state index contributed by atoms with van der Waals surface area (Å²) in [5.41, 5.74) is 10.8. The Morgan fingerprint density at radius 2 is 2.21 bits per heavy atom. The van der Waals surface area contributed by atoms with Gasteiger partial charge in [0, 0.05) is 47.8 Å². The number of nitrogens with zero attached hydrogens (tertiary/aromatic N) is 2. The molecule has 1 saturated heterocycles. The van der Waals surface area contributed by atoms with Crippen LogP contribution in [0.5, 0.6) is 5.88 Å². The molecule has 132 valence electrons. The molecule has 0 aliphatic carbocycles. The maximum atomic E-state index is 12.4. The molecule has 1 amide bonds. The highest BCUT2D eigenvalue weighted by molar-refractivity contribution is 7.97. The zero-order valence-electron chi connectivity index (χ0n) is 13.7. The number of carbonyl (C=O) groups is 1. The van der Waals surface area contributed by atoms with E-state index in [-0.39, 0.29) is 19.1 Å². The summed E-state index contributed by atoms with van der Waals surface area (Å²) in [6.07, 6.45) is 3.67. The molecule has 0 bridgehead atoms. The van der Waals surface area contributed by atoms with E-state index in [9.17, 15) is 9.18 Å². The molecule has 24 heavy (non-hydrogen) atoms. The topological polar surface area (TPSA) is 94.5 Å². The van der Waals surface area contributed by atoms with E-state index in [1.165, 1.54) is 0 Å². The molecular formula is C16H23FN4O2S. The molecule has 0 aromatic carbocycles. The van der Waals surface area contributed by atoms with E-state index in [1.54, 1.807) is 24.2 Å². The lowest BCUT2D eigenvalue weighted by molar-refractivity contribution is -0.128. The van der Waals surface area contributed by atoms with Gasteiger partial charge in [-0.3, -0.25) is 4.79 Å². The van der Waals surface area contributed by atoms with Crippen molar-refractivity contribution in [2.75, 3.05) is 26.2 Å². The van der Waals surface area contributed by atoms with Crippen molar-refractivity contribution in [2.24, 2.45) is 16.9 Å². The van der Waals surface area contributed by atoms with Crippen molar-refractivity contribution in [2.45, 2.75) is 24.7 Å². The molecule has 0 spiro atoms. The van der Waals surface area contributed by atoms with E-state index in [4.69, 9.17) is 16.2 Å². The summed E-state index contributed by atoms with van der Waals surface area (Å²) in [5.74, 6) is 0.196. The SMILES string of the molecule is CC1(C(N)=O)CCN(Sc2ccc(OC/C(=C\F)CN)nc2)CC1. The molecule has 1 aliphatic heterocycles. The van der Waals surface area contributed by atoms with Crippen LogP contribution in [0.1, 0.15) is 19.8 Å². The monoisotopic (exact) mass is 354 g/mol. The summed E-state index contributed by atoms with van der Waals surface area (Å²) >= 11 is 1.59. The first-order valence-corrected chi connectivity index (χ1v) is 8.54. The Bertz CT molecular complexity index is 586. The molecule has 4 N–H and O–H groups in total. The molecular weight excluding hydrogens is 331 g/mol. The highest BCUT2D eigenvalue weighted by Gasteiger charge is 2.35. The average Bonchev–Trinajstić information content (AvgIpc) is 2.59. The van der Waals surface area contributed by atoms with E-state index in [1.807, 2.05) is 13.0 Å². The minimum absolute atomic E-state index is 0.0876. The van der Waals surface area contributed by atoms with Crippen LogP contribution in [0.4, 0.5) is 4.39 Å². The van der Waals surface area contributed by atoms with Crippen LogP contribution in [0.3, 0.4) is 0 Å². The molecule has 2 rings (SSSR count). The second kappa shape index (κ2) is 8.46. The highest BCUT2D eigenvalue weighted by atomic mass is 32.2. The van der Waals surface area contributed by atoms with Crippen LogP contribution in [0, 0.1) is 5.41 Å². The van der Waals surface area contributed by atoms with Crippen LogP contribution in [0.2, 0.25) is 0 Å². The first-order chi connectivity index (χ1) is 11.5. The predicted octanol–water partition coefficient (Wildman–Crippen LogP) is 1.87. The fourth-order valence-electron chi connectivity index (χ4n) is 2.27. The molecule has 1 aliphatic rings. The number of carbonyl (C=O) groups excluding carboxylic acids is 1. The van der Waals surface area contributed by atoms with E-state index >= 15 is 0 Å². The van der Waals surface area contributed by atoms with Crippen molar-refractivity contribution >= 4 is 17.9 Å². The molecule has 1 aromatic heterocycles. The van der Waals surface area contributed by atoms with Crippen molar-refractivity contribution in [1.29, 1.82) is 0 Å². The lowest BCUT2D eigenvalue weighted by atomic mass is 9.80. The van der Waals surface area contributed by atoms with Gasteiger partial charge >= 0.3 is 0 Å². The van der Waals surface area contributed by atoms with Crippen molar-refractivity contribution in [1.82, 2.24) is 9.29 Å². The Balaban J connectivity index is 1.83. The summed E-state index contributed by atoms with van der Waals surface area (Å²) in [4.78, 5) is 16.7. The van der Waals surface area contributed by atoms with Gasteiger partial charge in [-0.1, -0.05) is 6.92 Å². The van der Waals surface area contributed by atoms with E-state index in [0.29, 0.717) is 17.8 Å². The molecule has 2 heterocycles. The van der Waals surface area contributed by atoms with Gasteiger partial charge in [0.2, 0.25) is 11.8 Å². The summed E-state index contributed by atoms with van der Waals surface area (Å²) < 4.78 is 20.0. The number of hydrogen-bond donors (Lipinski definition) is 2. The Morgan fingerprint density at radius 3 is 2.71 bits per heavy atom. The van der Waals surface area contributed by atoms with Gasteiger partial charge in [0.1, 0.15) is 6.61 Å². The minimum Gasteiger partial charge on any atom is -0.473 e. The molecule has 1 fully saturated rings. The van der Waals surface area contributed by atoms with Gasteiger partial charge in [0.15, 0.2) is 0 Å². The lowest BCUT2D eigenvalue weighted by Crippen LogP contribution is -2.43. The van der Waals surface area contributed by atoms with Crippen LogP contribution in [0.15, 0.2) is 35.1 Å². The number of piperidine rings is 1. The third kappa shape index (κ3) is 4.93. The van der Waals surface area contributed by atoms with Gasteiger partial charge in [-0.25, -0.2) is 13.7 Å². The van der Waals surface area contributed by atoms with Crippen LogP contribution < -0.4 is 16.2 Å².